The van der Waals surface area contributed by atoms with Crippen LogP contribution >= 0.6 is 0 Å². The summed E-state index contributed by atoms with van der Waals surface area (Å²) in [5, 5.41) is 6.42. The van der Waals surface area contributed by atoms with Crippen LogP contribution in [0.15, 0.2) is 87.1 Å². The maximum absolute atomic E-state index is 13.5. The van der Waals surface area contributed by atoms with E-state index in [4.69, 9.17) is 4.52 Å². The first-order valence-electron chi connectivity index (χ1n) is 12.1. The number of benzene rings is 3. The summed E-state index contributed by atoms with van der Waals surface area (Å²) in [6.45, 7) is 5.24. The molecular weight excluding hydrogens is 540 g/mol. The molecule has 1 aromatic heterocycles. The minimum absolute atomic E-state index is 0.00386. The fourth-order valence-electron chi connectivity index (χ4n) is 4.43. The Hall–Kier alpha value is -4.16. The highest BCUT2D eigenvalue weighted by atomic mass is 32.2. The number of para-hydroxylation sites is 1. The number of aryl methyl sites for hydroxylation is 1. The second-order valence-electron chi connectivity index (χ2n) is 9.32. The molecule has 1 aliphatic rings. The van der Waals surface area contributed by atoms with E-state index >= 15 is 0 Å². The van der Waals surface area contributed by atoms with Crippen molar-refractivity contribution in [3.63, 3.8) is 0 Å². The minimum Gasteiger partial charge on any atom is -0.337 e. The molecule has 3 aromatic carbocycles. The highest BCUT2D eigenvalue weighted by Gasteiger charge is 2.36. The van der Waals surface area contributed by atoms with Crippen LogP contribution in [0.3, 0.4) is 0 Å². The number of nitrogens with one attached hydrogen (secondary N) is 2. The Morgan fingerprint density at radius 2 is 1.67 bits per heavy atom. The summed E-state index contributed by atoms with van der Waals surface area (Å²) in [4.78, 5) is 12.9. The SMILES string of the molecule is Cc1noc(NS(=O)(=O)c2ccc(NC(=O)c3cccc(S(=O)(=O)N4c5ccccc5CC4C)c3)cc2)c1C. The van der Waals surface area contributed by atoms with Crippen molar-refractivity contribution in [3.05, 3.63) is 95.2 Å². The fraction of sp³-hybridized carbons (Fsp3) is 0.185. The Morgan fingerprint density at radius 1 is 0.949 bits per heavy atom. The monoisotopic (exact) mass is 566 g/mol. The molecule has 4 aromatic rings. The number of carbonyl (C=O) groups is 1. The molecule has 1 atom stereocenters. The number of hydrogen-bond acceptors (Lipinski definition) is 7. The van der Waals surface area contributed by atoms with Crippen LogP contribution < -0.4 is 14.3 Å². The van der Waals surface area contributed by atoms with Gasteiger partial charge in [0.25, 0.3) is 26.0 Å². The number of nitrogens with zero attached hydrogens (tertiary/aromatic N) is 2. The number of hydrogen-bond donors (Lipinski definition) is 2. The van der Waals surface area contributed by atoms with Crippen LogP contribution in [0.5, 0.6) is 0 Å². The van der Waals surface area contributed by atoms with Gasteiger partial charge in [-0.3, -0.25) is 9.10 Å². The van der Waals surface area contributed by atoms with Gasteiger partial charge in [-0.25, -0.2) is 21.6 Å². The molecule has 10 nitrogen and oxygen atoms in total. The van der Waals surface area contributed by atoms with E-state index in [1.165, 1.54) is 52.8 Å². The van der Waals surface area contributed by atoms with Gasteiger partial charge in [-0.1, -0.05) is 29.4 Å². The van der Waals surface area contributed by atoms with Gasteiger partial charge in [0.15, 0.2) is 0 Å². The van der Waals surface area contributed by atoms with E-state index in [1.54, 1.807) is 26.0 Å². The molecule has 0 bridgehead atoms. The first-order valence-corrected chi connectivity index (χ1v) is 15.0. The molecule has 0 fully saturated rings. The molecule has 0 saturated heterocycles. The van der Waals surface area contributed by atoms with Crippen molar-refractivity contribution in [2.24, 2.45) is 0 Å². The second kappa shape index (κ2) is 9.86. The van der Waals surface area contributed by atoms with Gasteiger partial charge >= 0.3 is 0 Å². The Morgan fingerprint density at radius 3 is 2.36 bits per heavy atom. The summed E-state index contributed by atoms with van der Waals surface area (Å²) >= 11 is 0. The molecule has 202 valence electrons. The van der Waals surface area contributed by atoms with Gasteiger partial charge in [-0.2, -0.15) is 0 Å². The fourth-order valence-corrected chi connectivity index (χ4v) is 7.21. The molecule has 0 spiro atoms. The molecule has 5 rings (SSSR count). The van der Waals surface area contributed by atoms with Gasteiger partial charge in [0.2, 0.25) is 5.88 Å². The van der Waals surface area contributed by atoms with E-state index in [9.17, 15) is 21.6 Å². The average Bonchev–Trinajstić information content (AvgIpc) is 3.42. The van der Waals surface area contributed by atoms with Crippen LogP contribution in [0.4, 0.5) is 17.3 Å². The molecule has 0 radical (unpaired) electrons. The van der Waals surface area contributed by atoms with Crippen molar-refractivity contribution in [1.82, 2.24) is 5.16 Å². The largest absolute Gasteiger partial charge is 0.337 e. The zero-order valence-electron chi connectivity index (χ0n) is 21.4. The maximum atomic E-state index is 13.5. The van der Waals surface area contributed by atoms with Gasteiger partial charge in [0.05, 0.1) is 21.2 Å². The van der Waals surface area contributed by atoms with Crippen LogP contribution in [0.2, 0.25) is 0 Å². The number of rotatable bonds is 7. The third-order valence-corrected chi connectivity index (χ3v) is 9.88. The van der Waals surface area contributed by atoms with Crippen molar-refractivity contribution in [1.29, 1.82) is 0 Å². The van der Waals surface area contributed by atoms with Crippen molar-refractivity contribution in [3.8, 4) is 0 Å². The molecular formula is C27H26N4O6S2. The lowest BCUT2D eigenvalue weighted by molar-refractivity contribution is 0.102. The smallest absolute Gasteiger partial charge is 0.264 e. The predicted octanol–water partition coefficient (Wildman–Crippen LogP) is 4.48. The van der Waals surface area contributed by atoms with E-state index in [0.29, 0.717) is 29.1 Å². The Labute approximate surface area is 226 Å². The summed E-state index contributed by atoms with van der Waals surface area (Å²) in [5.74, 6) is -0.505. The summed E-state index contributed by atoms with van der Waals surface area (Å²) in [7, 11) is -7.86. The van der Waals surface area contributed by atoms with Crippen LogP contribution in [0.1, 0.15) is 34.1 Å². The topological polar surface area (TPSA) is 139 Å². The number of amides is 1. The Kier molecular flexibility index (Phi) is 6.69. The van der Waals surface area contributed by atoms with E-state index in [1.807, 2.05) is 19.1 Å². The second-order valence-corrected chi connectivity index (χ2v) is 12.8. The van der Waals surface area contributed by atoms with Crippen molar-refractivity contribution >= 4 is 43.2 Å². The van der Waals surface area contributed by atoms with Crippen LogP contribution in [0.25, 0.3) is 0 Å². The molecule has 1 unspecified atom stereocenters. The summed E-state index contributed by atoms with van der Waals surface area (Å²) in [6.07, 6.45) is 0.606. The molecule has 1 amide bonds. The van der Waals surface area contributed by atoms with Crippen LogP contribution in [-0.2, 0) is 26.5 Å². The highest BCUT2D eigenvalue weighted by Crippen LogP contribution is 2.36. The third kappa shape index (κ3) is 5.00. The summed E-state index contributed by atoms with van der Waals surface area (Å²) in [5.41, 5.74) is 3.22. The van der Waals surface area contributed by atoms with E-state index in [-0.39, 0.29) is 27.3 Å². The molecule has 1 aliphatic heterocycles. The van der Waals surface area contributed by atoms with E-state index < -0.39 is 26.0 Å². The molecule has 39 heavy (non-hydrogen) atoms. The zero-order valence-corrected chi connectivity index (χ0v) is 23.0. The highest BCUT2D eigenvalue weighted by molar-refractivity contribution is 7.93. The van der Waals surface area contributed by atoms with Gasteiger partial charge in [0, 0.05) is 22.9 Å². The lowest BCUT2D eigenvalue weighted by Crippen LogP contribution is -2.35. The van der Waals surface area contributed by atoms with Crippen molar-refractivity contribution in [2.45, 2.75) is 43.0 Å². The number of aromatic nitrogens is 1. The van der Waals surface area contributed by atoms with Crippen LogP contribution in [-0.4, -0.2) is 33.9 Å². The molecule has 2 N–H and O–H groups in total. The molecule has 12 heteroatoms. The lowest BCUT2D eigenvalue weighted by Gasteiger charge is -2.24. The van der Waals surface area contributed by atoms with Gasteiger partial charge in [0.1, 0.15) is 0 Å². The number of carbonyl (C=O) groups excluding carboxylic acids is 1. The van der Waals surface area contributed by atoms with Gasteiger partial charge < -0.3 is 9.84 Å². The van der Waals surface area contributed by atoms with Gasteiger partial charge in [-0.15, -0.1) is 0 Å². The first kappa shape index (κ1) is 26.4. The standard InChI is InChI=1S/C27H26N4O6S2/c1-17-15-20-7-4-5-10-25(20)31(17)39(35,36)24-9-6-8-21(16-24)26(32)28-22-11-13-23(14-12-22)38(33,34)30-27-18(2)19(3)29-37-27/h4-14,16-17,30H,15H2,1-3H3,(H,28,32). The zero-order chi connectivity index (χ0) is 27.9. The van der Waals surface area contributed by atoms with Gasteiger partial charge in [-0.05, 0) is 81.3 Å². The first-order chi connectivity index (χ1) is 18.5. The quantitative estimate of drug-likeness (QED) is 0.336. The summed E-state index contributed by atoms with van der Waals surface area (Å²) in [6, 6.07) is 18.5. The Bertz CT molecular complexity index is 1780. The minimum atomic E-state index is -3.94. The normalized spacial score (nSPS) is 15.2. The third-order valence-electron chi connectivity index (χ3n) is 6.60. The molecule has 0 saturated carbocycles. The summed E-state index contributed by atoms with van der Waals surface area (Å²) < 4.78 is 61.3. The predicted molar refractivity (Wildman–Crippen MR) is 147 cm³/mol. The van der Waals surface area contributed by atoms with Crippen LogP contribution in [0, 0.1) is 13.8 Å². The van der Waals surface area contributed by atoms with Crippen molar-refractivity contribution in [2.75, 3.05) is 14.3 Å². The molecule has 0 aliphatic carbocycles. The Balaban J connectivity index is 1.33. The number of sulfonamides is 2. The lowest BCUT2D eigenvalue weighted by atomic mass is 10.1. The van der Waals surface area contributed by atoms with E-state index in [2.05, 4.69) is 15.2 Å². The maximum Gasteiger partial charge on any atom is 0.264 e. The van der Waals surface area contributed by atoms with E-state index in [0.717, 1.165) is 5.56 Å². The number of fused-ring (bicyclic) bond motifs is 1. The number of anilines is 3. The van der Waals surface area contributed by atoms with Crippen molar-refractivity contribution < 1.29 is 26.2 Å². The average molecular weight is 567 g/mol. The molecule has 2 heterocycles.